The van der Waals surface area contributed by atoms with Crippen LogP contribution in [-0.4, -0.2) is 0 Å². The Morgan fingerprint density at radius 3 is 2.24 bits per heavy atom. The average molecular weight is 452 g/mol. The number of allylic oxidation sites excluding steroid dienone is 1. The van der Waals surface area contributed by atoms with Crippen molar-refractivity contribution in [3.05, 3.63) is 64.7 Å². The molecule has 0 amide bonds. The van der Waals surface area contributed by atoms with E-state index in [9.17, 15) is 0 Å². The van der Waals surface area contributed by atoms with Gasteiger partial charge in [-0.05, 0) is 0 Å². The van der Waals surface area contributed by atoms with E-state index in [-0.39, 0.29) is 24.8 Å². The standard InChI is InChI=1S/C22H25.2ClH.Zr/c1-3-5-8-17-11-13-19(14-12-17)21-10-6-9-20-15-18(7-4-2)16-22(20)21;;;/h6,9-16H,3-5,7-8H2,1-2H3;2*1H;/q;;;+2/p-2. The zero-order valence-electron chi connectivity index (χ0n) is 15.0. The van der Waals surface area contributed by atoms with Crippen LogP contribution in [-0.2, 0) is 31.1 Å². The van der Waals surface area contributed by atoms with Crippen LogP contribution in [0.15, 0.2) is 48.0 Å². The van der Waals surface area contributed by atoms with Crippen LogP contribution in [0.5, 0.6) is 0 Å². The Balaban J connectivity index is 0.00000156. The van der Waals surface area contributed by atoms with Crippen molar-refractivity contribution in [2.24, 2.45) is 0 Å². The summed E-state index contributed by atoms with van der Waals surface area (Å²) in [6.45, 7) is 4.54. The Morgan fingerprint density at radius 1 is 0.880 bits per heavy atom. The molecule has 0 heterocycles. The molecule has 0 spiro atoms. The fourth-order valence-corrected chi connectivity index (χ4v) is 4.63. The molecule has 131 valence electrons. The Kier molecular flexibility index (Phi) is 9.72. The van der Waals surface area contributed by atoms with Gasteiger partial charge in [-0.25, -0.2) is 0 Å². The maximum Gasteiger partial charge on any atom is -1.00 e. The molecule has 0 nitrogen and oxygen atoms in total. The maximum atomic E-state index is 2.47. The fraction of sp³-hybridized carbons (Fsp3) is 0.364. The van der Waals surface area contributed by atoms with Gasteiger partial charge >= 0.3 is 156 Å². The zero-order chi connectivity index (χ0) is 16.2. The molecule has 0 aromatic heterocycles. The van der Waals surface area contributed by atoms with E-state index in [2.05, 4.69) is 62.4 Å². The third-order valence-electron chi connectivity index (χ3n) is 4.77. The van der Waals surface area contributed by atoms with Gasteiger partial charge in [0.2, 0.25) is 0 Å². The molecular formula is C22H25Cl2Zr. The van der Waals surface area contributed by atoms with Crippen LogP contribution in [0.25, 0.3) is 17.2 Å². The predicted molar refractivity (Wildman–Crippen MR) is 96.1 cm³/mol. The minimum atomic E-state index is 0. The van der Waals surface area contributed by atoms with Gasteiger partial charge < -0.3 is 24.8 Å². The minimum Gasteiger partial charge on any atom is -1.00 e. The van der Waals surface area contributed by atoms with E-state index in [4.69, 9.17) is 0 Å². The van der Waals surface area contributed by atoms with Gasteiger partial charge in [-0.15, -0.1) is 0 Å². The Bertz CT molecular complexity index is 704. The first-order chi connectivity index (χ1) is 11.2. The van der Waals surface area contributed by atoms with Crippen LogP contribution in [0.4, 0.5) is 0 Å². The first-order valence-corrected chi connectivity index (χ1v) is 10.3. The number of hydrogen-bond acceptors (Lipinski definition) is 0. The van der Waals surface area contributed by atoms with Gasteiger partial charge in [-0.1, -0.05) is 0 Å². The number of benzene rings is 2. The number of unbranched alkanes of at least 4 members (excludes halogenated alkanes) is 1. The van der Waals surface area contributed by atoms with E-state index < -0.39 is 0 Å². The van der Waals surface area contributed by atoms with E-state index >= 15 is 0 Å². The second-order valence-electron chi connectivity index (χ2n) is 6.51. The summed E-state index contributed by atoms with van der Waals surface area (Å²) in [7, 11) is 0. The summed E-state index contributed by atoms with van der Waals surface area (Å²) in [5, 5.41) is 0. The van der Waals surface area contributed by atoms with Crippen LogP contribution < -0.4 is 24.8 Å². The quantitative estimate of drug-likeness (QED) is 0.600. The van der Waals surface area contributed by atoms with Gasteiger partial charge in [0.25, 0.3) is 0 Å². The molecule has 1 aliphatic carbocycles. The van der Waals surface area contributed by atoms with Crippen LogP contribution in [0.1, 0.15) is 59.8 Å². The summed E-state index contributed by atoms with van der Waals surface area (Å²) in [4.78, 5) is 0. The number of hydrogen-bond donors (Lipinski definition) is 0. The first kappa shape index (κ1) is 22.7. The summed E-state index contributed by atoms with van der Waals surface area (Å²) < 4.78 is 0.668. The number of rotatable bonds is 6. The monoisotopic (exact) mass is 449 g/mol. The van der Waals surface area contributed by atoms with Crippen molar-refractivity contribution in [1.29, 1.82) is 0 Å². The summed E-state index contributed by atoms with van der Waals surface area (Å²) in [6.07, 6.45) is 8.69. The van der Waals surface area contributed by atoms with E-state index in [1.54, 1.807) is 35.9 Å². The third kappa shape index (κ3) is 5.09. The minimum absolute atomic E-state index is 0. The zero-order valence-corrected chi connectivity index (χ0v) is 19.0. The molecule has 1 atom stereocenters. The largest absolute Gasteiger partial charge is 1.00 e. The molecule has 0 saturated carbocycles. The molecule has 0 radical (unpaired) electrons. The van der Waals surface area contributed by atoms with Crippen molar-refractivity contribution in [3.63, 3.8) is 0 Å². The van der Waals surface area contributed by atoms with E-state index in [1.807, 2.05) is 0 Å². The van der Waals surface area contributed by atoms with Crippen LogP contribution in [0.2, 0.25) is 0 Å². The molecule has 0 N–H and O–H groups in total. The van der Waals surface area contributed by atoms with Gasteiger partial charge in [0.05, 0.1) is 0 Å². The number of halogens is 2. The second-order valence-corrected chi connectivity index (χ2v) is 7.93. The average Bonchev–Trinajstić information content (AvgIpc) is 2.90. The van der Waals surface area contributed by atoms with Crippen LogP contribution in [0, 0.1) is 0 Å². The summed E-state index contributed by atoms with van der Waals surface area (Å²) in [5.74, 6) is 0. The van der Waals surface area contributed by atoms with Crippen molar-refractivity contribution >= 4 is 6.08 Å². The topological polar surface area (TPSA) is 0 Å². The van der Waals surface area contributed by atoms with E-state index in [0.29, 0.717) is 3.63 Å². The summed E-state index contributed by atoms with van der Waals surface area (Å²) in [6, 6.07) is 16.1. The van der Waals surface area contributed by atoms with Crippen molar-refractivity contribution in [2.75, 3.05) is 0 Å². The Morgan fingerprint density at radius 2 is 1.60 bits per heavy atom. The molecule has 25 heavy (non-hydrogen) atoms. The third-order valence-corrected chi connectivity index (χ3v) is 6.45. The second kappa shape index (κ2) is 10.7. The number of aryl methyl sites for hydroxylation is 1. The molecule has 0 saturated heterocycles. The first-order valence-electron chi connectivity index (χ1n) is 8.88. The molecule has 3 rings (SSSR count). The molecule has 0 bridgehead atoms. The van der Waals surface area contributed by atoms with Gasteiger partial charge in [0.15, 0.2) is 0 Å². The molecule has 3 heteroatoms. The van der Waals surface area contributed by atoms with Crippen molar-refractivity contribution < 1.29 is 49.5 Å². The molecule has 0 aliphatic heterocycles. The van der Waals surface area contributed by atoms with Crippen molar-refractivity contribution in [2.45, 2.75) is 49.6 Å². The summed E-state index contributed by atoms with van der Waals surface area (Å²) in [5.41, 5.74) is 8.87. The van der Waals surface area contributed by atoms with Crippen LogP contribution in [0.3, 0.4) is 0 Å². The molecule has 1 aliphatic rings. The van der Waals surface area contributed by atoms with Gasteiger partial charge in [-0.2, -0.15) is 0 Å². The SMILES string of the molecule is CCCCc1ccc(-c2cccc3c2C=C(CCC)[CH]3[Zr+2])cc1.[Cl-].[Cl-]. The van der Waals surface area contributed by atoms with Gasteiger partial charge in [-0.3, -0.25) is 0 Å². The van der Waals surface area contributed by atoms with Gasteiger partial charge in [0.1, 0.15) is 0 Å². The maximum absolute atomic E-state index is 2.47. The molecule has 1 unspecified atom stereocenters. The predicted octanol–water partition coefficient (Wildman–Crippen LogP) is 0.489. The van der Waals surface area contributed by atoms with Gasteiger partial charge in [0, 0.05) is 0 Å². The normalized spacial score (nSPS) is 15.0. The van der Waals surface area contributed by atoms with E-state index in [0.717, 1.165) is 0 Å². The summed E-state index contributed by atoms with van der Waals surface area (Å²) >= 11 is 1.62. The fourth-order valence-electron chi connectivity index (χ4n) is 3.45. The Labute approximate surface area is 180 Å². The van der Waals surface area contributed by atoms with Crippen LogP contribution >= 0.6 is 0 Å². The smallest absolute Gasteiger partial charge is 1.00 e. The Hall–Kier alpha value is -0.357. The molecular weight excluding hydrogens is 426 g/mol. The van der Waals surface area contributed by atoms with Crippen molar-refractivity contribution in [3.8, 4) is 11.1 Å². The molecule has 2 aromatic rings. The molecule has 0 fully saturated rings. The number of fused-ring (bicyclic) bond motifs is 1. The van der Waals surface area contributed by atoms with E-state index in [1.165, 1.54) is 54.4 Å². The van der Waals surface area contributed by atoms with Crippen molar-refractivity contribution in [1.82, 2.24) is 0 Å². The molecule has 2 aromatic carbocycles.